The number of amides is 1. The SMILES string of the molecule is CC[C@@H](Oc1ccc(C)c(C)c1)C(=O)N1CCc2cc(S(=O)(=O)N(C)C)ccc21. The number of carbonyl (C=O) groups is 1. The summed E-state index contributed by atoms with van der Waals surface area (Å²) in [5.74, 6) is 0.577. The van der Waals surface area contributed by atoms with Gasteiger partial charge in [-0.05, 0) is 73.7 Å². The van der Waals surface area contributed by atoms with Crippen LogP contribution in [-0.4, -0.2) is 45.4 Å². The molecular formula is C22H28N2O4S. The number of sulfonamides is 1. The smallest absolute Gasteiger partial charge is 0.268 e. The van der Waals surface area contributed by atoms with Crippen molar-refractivity contribution < 1.29 is 17.9 Å². The molecule has 0 fully saturated rings. The third-order valence-corrected chi connectivity index (χ3v) is 7.21. The van der Waals surface area contributed by atoms with Gasteiger partial charge in [0.15, 0.2) is 6.10 Å². The van der Waals surface area contributed by atoms with Crippen molar-refractivity contribution in [2.75, 3.05) is 25.5 Å². The highest BCUT2D eigenvalue weighted by Crippen LogP contribution is 2.32. The number of anilines is 1. The highest BCUT2D eigenvalue weighted by molar-refractivity contribution is 7.89. The molecule has 7 heteroatoms. The van der Waals surface area contributed by atoms with Gasteiger partial charge in [0.05, 0.1) is 4.90 Å². The van der Waals surface area contributed by atoms with Crippen LogP contribution in [0.15, 0.2) is 41.3 Å². The Morgan fingerprint density at radius 2 is 1.86 bits per heavy atom. The third-order valence-electron chi connectivity index (χ3n) is 5.39. The van der Waals surface area contributed by atoms with Crippen LogP contribution in [-0.2, 0) is 21.2 Å². The molecule has 0 aromatic heterocycles. The molecule has 29 heavy (non-hydrogen) atoms. The Morgan fingerprint density at radius 3 is 2.48 bits per heavy atom. The minimum absolute atomic E-state index is 0.104. The summed E-state index contributed by atoms with van der Waals surface area (Å²) in [5.41, 5.74) is 3.91. The van der Waals surface area contributed by atoms with E-state index in [-0.39, 0.29) is 10.8 Å². The summed E-state index contributed by atoms with van der Waals surface area (Å²) < 4.78 is 32.0. The molecule has 0 spiro atoms. The lowest BCUT2D eigenvalue weighted by molar-refractivity contribution is -0.125. The van der Waals surface area contributed by atoms with Crippen molar-refractivity contribution in [2.24, 2.45) is 0 Å². The molecule has 0 aliphatic carbocycles. The third kappa shape index (κ3) is 4.16. The Hall–Kier alpha value is -2.38. The molecule has 0 saturated carbocycles. The predicted molar refractivity (Wildman–Crippen MR) is 114 cm³/mol. The average molecular weight is 417 g/mol. The predicted octanol–water partition coefficient (Wildman–Crippen LogP) is 3.30. The lowest BCUT2D eigenvalue weighted by atomic mass is 10.1. The lowest BCUT2D eigenvalue weighted by Gasteiger charge is -2.24. The normalized spacial score (nSPS) is 14.8. The van der Waals surface area contributed by atoms with E-state index in [9.17, 15) is 13.2 Å². The zero-order valence-electron chi connectivity index (χ0n) is 17.6. The number of benzene rings is 2. The molecular weight excluding hydrogens is 388 g/mol. The van der Waals surface area contributed by atoms with E-state index in [1.54, 1.807) is 23.1 Å². The molecule has 0 N–H and O–H groups in total. The van der Waals surface area contributed by atoms with Gasteiger partial charge in [-0.3, -0.25) is 4.79 Å². The van der Waals surface area contributed by atoms with Crippen LogP contribution >= 0.6 is 0 Å². The molecule has 0 saturated heterocycles. The van der Waals surface area contributed by atoms with E-state index < -0.39 is 16.1 Å². The molecule has 1 aliphatic heterocycles. The minimum Gasteiger partial charge on any atom is -0.481 e. The molecule has 0 bridgehead atoms. The first-order chi connectivity index (χ1) is 13.6. The molecule has 156 valence electrons. The summed E-state index contributed by atoms with van der Waals surface area (Å²) in [5, 5.41) is 0. The van der Waals surface area contributed by atoms with Gasteiger partial charge in [0.2, 0.25) is 10.0 Å². The van der Waals surface area contributed by atoms with Crippen LogP contribution < -0.4 is 9.64 Å². The summed E-state index contributed by atoms with van der Waals surface area (Å²) in [6, 6.07) is 10.8. The van der Waals surface area contributed by atoms with Crippen molar-refractivity contribution in [2.45, 2.75) is 44.6 Å². The summed E-state index contributed by atoms with van der Waals surface area (Å²) >= 11 is 0. The van der Waals surface area contributed by atoms with Crippen LogP contribution in [0, 0.1) is 13.8 Å². The maximum absolute atomic E-state index is 13.2. The van der Waals surface area contributed by atoms with Crippen LogP contribution in [0.5, 0.6) is 5.75 Å². The Balaban J connectivity index is 1.83. The van der Waals surface area contributed by atoms with Crippen LogP contribution in [0.2, 0.25) is 0 Å². The van der Waals surface area contributed by atoms with E-state index in [1.165, 1.54) is 24.0 Å². The number of rotatable bonds is 6. The lowest BCUT2D eigenvalue weighted by Crippen LogP contribution is -2.41. The van der Waals surface area contributed by atoms with Crippen molar-refractivity contribution in [3.8, 4) is 5.75 Å². The average Bonchev–Trinajstić information content (AvgIpc) is 3.11. The molecule has 2 aromatic rings. The van der Waals surface area contributed by atoms with Crippen molar-refractivity contribution >= 4 is 21.6 Å². The van der Waals surface area contributed by atoms with Gasteiger partial charge in [0, 0.05) is 26.3 Å². The second-order valence-electron chi connectivity index (χ2n) is 7.58. The van der Waals surface area contributed by atoms with Crippen LogP contribution in [0.4, 0.5) is 5.69 Å². The van der Waals surface area contributed by atoms with Crippen molar-refractivity contribution in [3.63, 3.8) is 0 Å². The minimum atomic E-state index is -3.50. The van der Waals surface area contributed by atoms with Gasteiger partial charge in [-0.15, -0.1) is 0 Å². The Morgan fingerprint density at radius 1 is 1.14 bits per heavy atom. The van der Waals surface area contributed by atoms with Crippen molar-refractivity contribution in [1.82, 2.24) is 4.31 Å². The van der Waals surface area contributed by atoms with Crippen LogP contribution in [0.1, 0.15) is 30.0 Å². The van der Waals surface area contributed by atoms with E-state index in [1.807, 2.05) is 39.0 Å². The molecule has 3 rings (SSSR count). The molecule has 6 nitrogen and oxygen atoms in total. The standard InChI is InChI=1S/C22H28N2O4S/c1-6-21(28-18-8-7-15(2)16(3)13-18)22(25)24-12-11-17-14-19(9-10-20(17)24)29(26,27)23(4)5/h7-10,13-14,21H,6,11-12H2,1-5H3/t21-/m1/s1. The Bertz CT molecular complexity index is 1030. The zero-order valence-corrected chi connectivity index (χ0v) is 18.4. The zero-order chi connectivity index (χ0) is 21.3. The van der Waals surface area contributed by atoms with Crippen molar-refractivity contribution in [3.05, 3.63) is 53.1 Å². The number of fused-ring (bicyclic) bond motifs is 1. The number of hydrogen-bond donors (Lipinski definition) is 0. The summed E-state index contributed by atoms with van der Waals surface area (Å²) in [4.78, 5) is 15.1. The fraction of sp³-hybridized carbons (Fsp3) is 0.409. The van der Waals surface area contributed by atoms with Gasteiger partial charge in [-0.2, -0.15) is 0 Å². The second-order valence-corrected chi connectivity index (χ2v) is 9.73. The number of aryl methyl sites for hydroxylation is 2. The fourth-order valence-corrected chi connectivity index (χ4v) is 4.36. The quantitative estimate of drug-likeness (QED) is 0.725. The molecule has 0 unspecified atom stereocenters. The maximum Gasteiger partial charge on any atom is 0.268 e. The van der Waals surface area contributed by atoms with Crippen LogP contribution in [0.3, 0.4) is 0 Å². The molecule has 1 heterocycles. The molecule has 1 aliphatic rings. The maximum atomic E-state index is 13.2. The van der Waals surface area contributed by atoms with Crippen molar-refractivity contribution in [1.29, 1.82) is 0 Å². The highest BCUT2D eigenvalue weighted by Gasteiger charge is 2.32. The highest BCUT2D eigenvalue weighted by atomic mass is 32.2. The first kappa shape index (κ1) is 21.3. The van der Waals surface area contributed by atoms with E-state index in [0.717, 1.165) is 16.8 Å². The van der Waals surface area contributed by atoms with Gasteiger partial charge in [-0.1, -0.05) is 13.0 Å². The first-order valence-electron chi connectivity index (χ1n) is 9.76. The van der Waals surface area contributed by atoms with Gasteiger partial charge in [-0.25, -0.2) is 12.7 Å². The molecule has 1 atom stereocenters. The monoisotopic (exact) mass is 416 g/mol. The molecule has 2 aromatic carbocycles. The number of ether oxygens (including phenoxy) is 1. The second kappa shape index (κ2) is 8.16. The number of nitrogens with zero attached hydrogens (tertiary/aromatic N) is 2. The first-order valence-corrected chi connectivity index (χ1v) is 11.2. The van der Waals surface area contributed by atoms with E-state index >= 15 is 0 Å². The molecule has 0 radical (unpaired) electrons. The van der Waals surface area contributed by atoms with Gasteiger partial charge < -0.3 is 9.64 Å². The topological polar surface area (TPSA) is 66.9 Å². The van der Waals surface area contributed by atoms with E-state index in [0.29, 0.717) is 25.1 Å². The Labute approximate surface area is 173 Å². The van der Waals surface area contributed by atoms with Gasteiger partial charge in [0.25, 0.3) is 5.91 Å². The van der Waals surface area contributed by atoms with Gasteiger partial charge >= 0.3 is 0 Å². The summed E-state index contributed by atoms with van der Waals surface area (Å²) in [7, 11) is -0.484. The largest absolute Gasteiger partial charge is 0.481 e. The fourth-order valence-electron chi connectivity index (χ4n) is 3.41. The summed E-state index contributed by atoms with van der Waals surface area (Å²) in [6.45, 7) is 6.49. The number of hydrogen-bond acceptors (Lipinski definition) is 4. The molecule has 1 amide bonds. The number of carbonyl (C=O) groups excluding carboxylic acids is 1. The van der Waals surface area contributed by atoms with E-state index in [4.69, 9.17) is 4.74 Å². The van der Waals surface area contributed by atoms with Gasteiger partial charge in [0.1, 0.15) is 5.75 Å². The summed E-state index contributed by atoms with van der Waals surface area (Å²) in [6.07, 6.45) is 0.580. The van der Waals surface area contributed by atoms with Crippen LogP contribution in [0.25, 0.3) is 0 Å². The Kier molecular flexibility index (Phi) is 6.00. The van der Waals surface area contributed by atoms with E-state index in [2.05, 4.69) is 0 Å².